The highest BCUT2D eigenvalue weighted by molar-refractivity contribution is 7.13. The van der Waals surface area contributed by atoms with E-state index in [9.17, 15) is 0 Å². The summed E-state index contributed by atoms with van der Waals surface area (Å²) in [5.41, 5.74) is 8.52. The number of thiophene rings is 1. The van der Waals surface area contributed by atoms with Crippen molar-refractivity contribution in [3.8, 4) is 10.4 Å². The van der Waals surface area contributed by atoms with Gasteiger partial charge in [0.1, 0.15) is 0 Å². The molecule has 15 heavy (non-hydrogen) atoms. The molecule has 0 saturated heterocycles. The van der Waals surface area contributed by atoms with E-state index in [1.165, 1.54) is 16.0 Å². The van der Waals surface area contributed by atoms with E-state index >= 15 is 0 Å². The van der Waals surface area contributed by atoms with Crippen LogP contribution in [0.5, 0.6) is 0 Å². The van der Waals surface area contributed by atoms with Gasteiger partial charge in [-0.15, -0.1) is 11.3 Å². The van der Waals surface area contributed by atoms with Crippen molar-refractivity contribution >= 4 is 11.3 Å². The van der Waals surface area contributed by atoms with Crippen molar-refractivity contribution in [1.82, 2.24) is 0 Å². The second-order valence-corrected chi connectivity index (χ2v) is 4.76. The van der Waals surface area contributed by atoms with Crippen LogP contribution in [0.3, 0.4) is 0 Å². The Morgan fingerprint density at radius 3 is 2.67 bits per heavy atom. The van der Waals surface area contributed by atoms with E-state index in [2.05, 4.69) is 41.8 Å². The summed E-state index contributed by atoms with van der Waals surface area (Å²) in [6.07, 6.45) is 0.939. The summed E-state index contributed by atoms with van der Waals surface area (Å²) in [7, 11) is 0. The minimum Gasteiger partial charge on any atom is -0.328 e. The predicted octanol–water partition coefficient (Wildman–Crippen LogP) is 3.30. The summed E-state index contributed by atoms with van der Waals surface area (Å²) in [4.78, 5) is 1.33. The van der Waals surface area contributed by atoms with Crippen LogP contribution in [0.25, 0.3) is 10.4 Å². The number of hydrogen-bond donors (Lipinski definition) is 1. The van der Waals surface area contributed by atoms with Gasteiger partial charge in [0.05, 0.1) is 0 Å². The lowest BCUT2D eigenvalue weighted by Gasteiger charge is -2.09. The second-order valence-electron chi connectivity index (χ2n) is 3.82. The van der Waals surface area contributed by atoms with Gasteiger partial charge in [-0.3, -0.25) is 0 Å². The normalized spacial score (nSPS) is 12.7. The van der Waals surface area contributed by atoms with Gasteiger partial charge < -0.3 is 5.73 Å². The molecule has 0 aliphatic heterocycles. The van der Waals surface area contributed by atoms with Gasteiger partial charge in [-0.2, -0.15) is 0 Å². The van der Waals surface area contributed by atoms with Crippen LogP contribution in [0, 0.1) is 0 Å². The first-order valence-corrected chi connectivity index (χ1v) is 6.02. The van der Waals surface area contributed by atoms with E-state index in [4.69, 9.17) is 5.73 Å². The summed E-state index contributed by atoms with van der Waals surface area (Å²) in [6, 6.07) is 13.0. The predicted molar refractivity (Wildman–Crippen MR) is 67.1 cm³/mol. The van der Waals surface area contributed by atoms with Crippen LogP contribution in [0.2, 0.25) is 0 Å². The van der Waals surface area contributed by atoms with Gasteiger partial charge in [-0.25, -0.2) is 0 Å². The van der Waals surface area contributed by atoms with Crippen LogP contribution >= 0.6 is 11.3 Å². The molecule has 0 amide bonds. The molecule has 2 N–H and O–H groups in total. The summed E-state index contributed by atoms with van der Waals surface area (Å²) < 4.78 is 0. The van der Waals surface area contributed by atoms with Gasteiger partial charge >= 0.3 is 0 Å². The van der Waals surface area contributed by atoms with Crippen LogP contribution in [0.15, 0.2) is 41.8 Å². The Morgan fingerprint density at radius 2 is 2.00 bits per heavy atom. The van der Waals surface area contributed by atoms with E-state index in [1.807, 2.05) is 6.92 Å². The van der Waals surface area contributed by atoms with Gasteiger partial charge in [0.25, 0.3) is 0 Å². The average molecular weight is 217 g/mol. The Labute approximate surface area is 94.6 Å². The van der Waals surface area contributed by atoms with Crippen LogP contribution in [-0.4, -0.2) is 6.04 Å². The van der Waals surface area contributed by atoms with Crippen molar-refractivity contribution in [2.45, 2.75) is 19.4 Å². The molecular formula is C13H15NS. The maximum atomic E-state index is 5.85. The van der Waals surface area contributed by atoms with Crippen LogP contribution in [0.4, 0.5) is 0 Å². The van der Waals surface area contributed by atoms with Gasteiger partial charge in [-0.1, -0.05) is 30.3 Å². The summed E-state index contributed by atoms with van der Waals surface area (Å²) in [5, 5.41) is 2.11. The minimum absolute atomic E-state index is 0.214. The van der Waals surface area contributed by atoms with Crippen molar-refractivity contribution in [3.63, 3.8) is 0 Å². The fraction of sp³-hybridized carbons (Fsp3) is 0.231. The Hall–Kier alpha value is -1.12. The number of nitrogens with two attached hydrogens (primary N) is 1. The highest BCUT2D eigenvalue weighted by atomic mass is 32.1. The molecule has 78 valence electrons. The Kier molecular flexibility index (Phi) is 3.19. The first-order valence-electron chi connectivity index (χ1n) is 5.15. The Morgan fingerprint density at radius 1 is 1.20 bits per heavy atom. The van der Waals surface area contributed by atoms with E-state index in [-0.39, 0.29) is 6.04 Å². The molecule has 1 aromatic heterocycles. The molecule has 2 heteroatoms. The molecule has 1 nitrogen and oxygen atoms in total. The third kappa shape index (κ3) is 2.46. The SMILES string of the molecule is CC(N)Cc1ccccc1-c1cccs1. The molecule has 1 heterocycles. The molecule has 2 aromatic rings. The largest absolute Gasteiger partial charge is 0.328 e. The van der Waals surface area contributed by atoms with Gasteiger partial charge in [0.15, 0.2) is 0 Å². The topological polar surface area (TPSA) is 26.0 Å². The summed E-state index contributed by atoms with van der Waals surface area (Å²) in [5.74, 6) is 0. The lowest BCUT2D eigenvalue weighted by molar-refractivity contribution is 0.739. The smallest absolute Gasteiger partial charge is 0.0345 e. The van der Waals surface area contributed by atoms with Crippen molar-refractivity contribution in [2.24, 2.45) is 5.73 Å². The van der Waals surface area contributed by atoms with Crippen LogP contribution < -0.4 is 5.73 Å². The molecule has 0 radical (unpaired) electrons. The number of benzene rings is 1. The zero-order chi connectivity index (χ0) is 10.7. The average Bonchev–Trinajstić information content (AvgIpc) is 2.70. The van der Waals surface area contributed by atoms with Crippen molar-refractivity contribution < 1.29 is 0 Å². The van der Waals surface area contributed by atoms with Gasteiger partial charge in [0, 0.05) is 10.9 Å². The third-order valence-corrected chi connectivity index (χ3v) is 3.25. The van der Waals surface area contributed by atoms with Crippen molar-refractivity contribution in [3.05, 3.63) is 47.3 Å². The molecule has 1 unspecified atom stereocenters. The first-order chi connectivity index (χ1) is 7.27. The quantitative estimate of drug-likeness (QED) is 0.838. The molecule has 0 bridgehead atoms. The third-order valence-electron chi connectivity index (χ3n) is 2.35. The van der Waals surface area contributed by atoms with Crippen LogP contribution in [-0.2, 0) is 6.42 Å². The monoisotopic (exact) mass is 217 g/mol. The molecule has 1 aromatic carbocycles. The second kappa shape index (κ2) is 4.60. The number of rotatable bonds is 3. The molecule has 1 atom stereocenters. The molecule has 2 rings (SSSR count). The van der Waals surface area contributed by atoms with Crippen LogP contribution in [0.1, 0.15) is 12.5 Å². The maximum absolute atomic E-state index is 5.85. The van der Waals surface area contributed by atoms with Crippen molar-refractivity contribution in [1.29, 1.82) is 0 Å². The highest BCUT2D eigenvalue weighted by Gasteiger charge is 2.06. The zero-order valence-electron chi connectivity index (χ0n) is 8.81. The Balaban J connectivity index is 2.38. The molecule has 0 aliphatic rings. The molecule has 0 aliphatic carbocycles. The molecular weight excluding hydrogens is 202 g/mol. The highest BCUT2D eigenvalue weighted by Crippen LogP contribution is 2.28. The summed E-state index contributed by atoms with van der Waals surface area (Å²) in [6.45, 7) is 2.05. The van der Waals surface area contributed by atoms with Gasteiger partial charge in [0.2, 0.25) is 0 Å². The van der Waals surface area contributed by atoms with Gasteiger partial charge in [-0.05, 0) is 35.9 Å². The van der Waals surface area contributed by atoms with E-state index in [0.29, 0.717) is 0 Å². The fourth-order valence-electron chi connectivity index (χ4n) is 1.72. The number of hydrogen-bond acceptors (Lipinski definition) is 2. The van der Waals surface area contributed by atoms with Crippen molar-refractivity contribution in [2.75, 3.05) is 0 Å². The first kappa shape index (κ1) is 10.4. The van der Waals surface area contributed by atoms with E-state index in [0.717, 1.165) is 6.42 Å². The lowest BCUT2D eigenvalue weighted by Crippen LogP contribution is -2.18. The molecule has 0 fully saturated rings. The summed E-state index contributed by atoms with van der Waals surface area (Å²) >= 11 is 1.78. The fourth-order valence-corrected chi connectivity index (χ4v) is 2.50. The Bertz CT molecular complexity index is 418. The van der Waals surface area contributed by atoms with E-state index in [1.54, 1.807) is 11.3 Å². The molecule has 0 spiro atoms. The minimum atomic E-state index is 0.214. The standard InChI is InChI=1S/C13H15NS/c1-10(14)9-11-5-2-3-6-12(11)13-7-4-8-15-13/h2-8,10H,9,14H2,1H3. The zero-order valence-corrected chi connectivity index (χ0v) is 9.63. The lowest BCUT2D eigenvalue weighted by atomic mass is 10.0. The van der Waals surface area contributed by atoms with E-state index < -0.39 is 0 Å². The molecule has 0 saturated carbocycles. The maximum Gasteiger partial charge on any atom is 0.0345 e.